The van der Waals surface area contributed by atoms with Gasteiger partial charge in [0.25, 0.3) is 0 Å². The van der Waals surface area contributed by atoms with Gasteiger partial charge in [-0.15, -0.1) is 0 Å². The number of benzene rings is 2. The molecule has 2 heterocycles. The van der Waals surface area contributed by atoms with Crippen LogP contribution in [0.25, 0.3) is 5.69 Å². The van der Waals surface area contributed by atoms with Crippen LogP contribution >= 0.6 is 0 Å². The Bertz CT molecular complexity index is 934. The minimum Gasteiger partial charge on any atom is -0.504 e. The van der Waals surface area contributed by atoms with E-state index in [1.165, 1.54) is 7.11 Å². The minimum atomic E-state index is -0.217. The van der Waals surface area contributed by atoms with E-state index in [9.17, 15) is 9.90 Å². The molecule has 2 N–H and O–H groups in total. The number of aromatic hydroxyl groups is 1. The molecule has 0 bridgehead atoms. The largest absolute Gasteiger partial charge is 0.504 e. The summed E-state index contributed by atoms with van der Waals surface area (Å²) in [5, 5.41) is 13.0. The van der Waals surface area contributed by atoms with Gasteiger partial charge in [-0.05, 0) is 29.8 Å². The molecule has 0 saturated heterocycles. The van der Waals surface area contributed by atoms with Crippen LogP contribution in [0.4, 0.5) is 5.82 Å². The summed E-state index contributed by atoms with van der Waals surface area (Å²) in [4.78, 5) is 16.8. The molecule has 0 spiro atoms. The van der Waals surface area contributed by atoms with Gasteiger partial charge in [0.15, 0.2) is 11.5 Å². The molecule has 25 heavy (non-hydrogen) atoms. The standard InChI is InChI=1S/C19H17N3O3/c1-25-16-8-7-12(9-15(16)23)14-10-17(24)21-19-18(14)20-11-22(19)13-5-3-2-4-6-13/h2-9,11,14,23H,10H2,1H3,(H,21,24). The number of ether oxygens (including phenoxy) is 1. The zero-order chi connectivity index (χ0) is 17.4. The first-order chi connectivity index (χ1) is 12.2. The van der Waals surface area contributed by atoms with Gasteiger partial charge in [-0.25, -0.2) is 4.98 Å². The second kappa shape index (κ2) is 5.98. The van der Waals surface area contributed by atoms with Crippen molar-refractivity contribution < 1.29 is 14.6 Å². The van der Waals surface area contributed by atoms with Crippen molar-refractivity contribution in [1.82, 2.24) is 9.55 Å². The number of amides is 1. The Morgan fingerprint density at radius 3 is 2.76 bits per heavy atom. The highest BCUT2D eigenvalue weighted by Crippen LogP contribution is 2.39. The fraction of sp³-hybridized carbons (Fsp3) is 0.158. The third-order valence-corrected chi connectivity index (χ3v) is 4.41. The smallest absolute Gasteiger partial charge is 0.226 e. The third kappa shape index (κ3) is 2.61. The van der Waals surface area contributed by atoms with Gasteiger partial charge in [0.2, 0.25) is 5.91 Å². The number of phenolic OH excluding ortho intramolecular Hbond substituents is 1. The number of anilines is 1. The number of para-hydroxylation sites is 1. The number of imidazole rings is 1. The lowest BCUT2D eigenvalue weighted by Crippen LogP contribution is -2.24. The molecule has 6 heteroatoms. The van der Waals surface area contributed by atoms with Gasteiger partial charge in [0, 0.05) is 18.0 Å². The number of nitrogens with zero attached hydrogens (tertiary/aromatic N) is 2. The van der Waals surface area contributed by atoms with Crippen molar-refractivity contribution in [1.29, 1.82) is 0 Å². The normalized spacial score (nSPS) is 16.2. The van der Waals surface area contributed by atoms with Crippen LogP contribution < -0.4 is 10.1 Å². The number of fused-ring (bicyclic) bond motifs is 1. The molecule has 4 rings (SSSR count). The van der Waals surface area contributed by atoms with Gasteiger partial charge in [-0.2, -0.15) is 0 Å². The molecule has 2 aromatic carbocycles. The Morgan fingerprint density at radius 1 is 1.24 bits per heavy atom. The highest BCUT2D eigenvalue weighted by Gasteiger charge is 2.31. The van der Waals surface area contributed by atoms with E-state index in [2.05, 4.69) is 10.3 Å². The van der Waals surface area contributed by atoms with Crippen LogP contribution in [0.5, 0.6) is 11.5 Å². The number of carbonyl (C=O) groups excluding carboxylic acids is 1. The molecular formula is C19H17N3O3. The summed E-state index contributed by atoms with van der Waals surface area (Å²) >= 11 is 0. The highest BCUT2D eigenvalue weighted by molar-refractivity contribution is 5.94. The Labute approximate surface area is 144 Å². The highest BCUT2D eigenvalue weighted by atomic mass is 16.5. The fourth-order valence-corrected chi connectivity index (χ4v) is 3.19. The molecule has 0 fully saturated rings. The van der Waals surface area contributed by atoms with Crippen molar-refractivity contribution in [3.63, 3.8) is 0 Å². The first kappa shape index (κ1) is 15.3. The van der Waals surface area contributed by atoms with Gasteiger partial charge in [-0.1, -0.05) is 24.3 Å². The van der Waals surface area contributed by atoms with E-state index >= 15 is 0 Å². The molecule has 1 unspecified atom stereocenters. The first-order valence-electron chi connectivity index (χ1n) is 7.97. The quantitative estimate of drug-likeness (QED) is 0.771. The van der Waals surface area contributed by atoms with Gasteiger partial charge in [0.05, 0.1) is 12.8 Å². The van der Waals surface area contributed by atoms with Crippen molar-refractivity contribution in [3.8, 4) is 17.2 Å². The van der Waals surface area contributed by atoms with Crippen molar-refractivity contribution in [2.75, 3.05) is 12.4 Å². The average Bonchev–Trinajstić information content (AvgIpc) is 3.05. The second-order valence-electron chi connectivity index (χ2n) is 5.92. The first-order valence-corrected chi connectivity index (χ1v) is 7.97. The monoisotopic (exact) mass is 335 g/mol. The average molecular weight is 335 g/mol. The van der Waals surface area contributed by atoms with Crippen LogP contribution in [-0.2, 0) is 4.79 Å². The van der Waals surface area contributed by atoms with E-state index in [1.807, 2.05) is 41.0 Å². The second-order valence-corrected chi connectivity index (χ2v) is 5.92. The van der Waals surface area contributed by atoms with E-state index in [0.717, 1.165) is 16.9 Å². The topological polar surface area (TPSA) is 76.4 Å². The van der Waals surface area contributed by atoms with Gasteiger partial charge in [-0.3, -0.25) is 9.36 Å². The molecule has 1 atom stereocenters. The molecule has 126 valence electrons. The number of methoxy groups -OCH3 is 1. The Hall–Kier alpha value is -3.28. The molecule has 1 aliphatic rings. The summed E-state index contributed by atoms with van der Waals surface area (Å²) in [5.41, 5.74) is 2.54. The summed E-state index contributed by atoms with van der Waals surface area (Å²) < 4.78 is 6.95. The predicted octanol–water partition coefficient (Wildman–Crippen LogP) is 3.06. The summed E-state index contributed by atoms with van der Waals surface area (Å²) in [6.07, 6.45) is 1.99. The number of hydrogen-bond donors (Lipinski definition) is 2. The third-order valence-electron chi connectivity index (χ3n) is 4.41. The van der Waals surface area contributed by atoms with Crippen LogP contribution in [-0.4, -0.2) is 27.7 Å². The zero-order valence-electron chi connectivity index (χ0n) is 13.6. The molecule has 1 aromatic heterocycles. The van der Waals surface area contributed by atoms with Crippen LogP contribution in [0.3, 0.4) is 0 Å². The molecule has 0 radical (unpaired) electrons. The Kier molecular flexibility index (Phi) is 3.65. The molecule has 0 aliphatic carbocycles. The lowest BCUT2D eigenvalue weighted by atomic mass is 9.89. The fourth-order valence-electron chi connectivity index (χ4n) is 3.19. The van der Waals surface area contributed by atoms with Crippen LogP contribution in [0, 0.1) is 0 Å². The van der Waals surface area contributed by atoms with Crippen LogP contribution in [0.1, 0.15) is 23.6 Å². The lowest BCUT2D eigenvalue weighted by Gasteiger charge is -2.23. The van der Waals surface area contributed by atoms with Crippen molar-refractivity contribution in [2.45, 2.75) is 12.3 Å². The Morgan fingerprint density at radius 2 is 2.04 bits per heavy atom. The number of phenols is 1. The molecule has 1 amide bonds. The number of carbonyl (C=O) groups is 1. The van der Waals surface area contributed by atoms with Crippen molar-refractivity contribution in [3.05, 3.63) is 66.1 Å². The van der Waals surface area contributed by atoms with Crippen molar-refractivity contribution >= 4 is 11.7 Å². The minimum absolute atomic E-state index is 0.0509. The SMILES string of the molecule is COc1ccc(C2CC(=O)Nc3c2ncn3-c2ccccc2)cc1O. The van der Waals surface area contributed by atoms with Gasteiger partial charge >= 0.3 is 0 Å². The summed E-state index contributed by atoms with van der Waals surface area (Å²) in [7, 11) is 1.50. The molecular weight excluding hydrogens is 318 g/mol. The van der Waals surface area contributed by atoms with E-state index in [1.54, 1.807) is 18.5 Å². The van der Waals surface area contributed by atoms with E-state index in [0.29, 0.717) is 11.6 Å². The number of nitrogens with one attached hydrogen (secondary N) is 1. The molecule has 3 aromatic rings. The number of aromatic nitrogens is 2. The lowest BCUT2D eigenvalue weighted by molar-refractivity contribution is -0.116. The van der Waals surface area contributed by atoms with Crippen LogP contribution in [0.15, 0.2) is 54.9 Å². The zero-order valence-corrected chi connectivity index (χ0v) is 13.6. The maximum atomic E-state index is 12.3. The summed E-state index contributed by atoms with van der Waals surface area (Å²) in [6, 6.07) is 14.9. The molecule has 1 aliphatic heterocycles. The predicted molar refractivity (Wildman–Crippen MR) is 93.3 cm³/mol. The van der Waals surface area contributed by atoms with Gasteiger partial charge < -0.3 is 15.2 Å². The van der Waals surface area contributed by atoms with E-state index in [4.69, 9.17) is 4.74 Å². The summed E-state index contributed by atoms with van der Waals surface area (Å²) in [6.45, 7) is 0. The molecule has 6 nitrogen and oxygen atoms in total. The number of rotatable bonds is 3. The van der Waals surface area contributed by atoms with Gasteiger partial charge in [0.1, 0.15) is 12.1 Å². The number of hydrogen-bond acceptors (Lipinski definition) is 4. The molecule has 0 saturated carbocycles. The Balaban J connectivity index is 1.80. The van der Waals surface area contributed by atoms with Crippen molar-refractivity contribution in [2.24, 2.45) is 0 Å². The summed E-state index contributed by atoms with van der Waals surface area (Å²) in [5.74, 6) is 0.827. The van der Waals surface area contributed by atoms with E-state index in [-0.39, 0.29) is 24.0 Å². The van der Waals surface area contributed by atoms with Crippen LogP contribution in [0.2, 0.25) is 0 Å². The van der Waals surface area contributed by atoms with E-state index < -0.39 is 0 Å². The maximum absolute atomic E-state index is 12.3. The maximum Gasteiger partial charge on any atom is 0.226 e.